The number of anilines is 1. The van der Waals surface area contributed by atoms with Gasteiger partial charge in [0.2, 0.25) is 5.91 Å². The van der Waals surface area contributed by atoms with Crippen LogP contribution in [0.2, 0.25) is 0 Å². The van der Waals surface area contributed by atoms with Gasteiger partial charge in [-0.2, -0.15) is 0 Å². The molecule has 1 aliphatic heterocycles. The molecule has 2 rings (SSSR count). The third-order valence-corrected chi connectivity index (χ3v) is 3.40. The molecule has 0 saturated carbocycles. The van der Waals surface area contributed by atoms with Crippen LogP contribution in [0.15, 0.2) is 12.1 Å². The van der Waals surface area contributed by atoms with Crippen molar-refractivity contribution in [1.82, 2.24) is 5.32 Å². The monoisotopic (exact) mass is 306 g/mol. The number of rotatable bonds is 4. The highest BCUT2D eigenvalue weighted by atomic mass is 35.5. The molecule has 1 aromatic rings. The van der Waals surface area contributed by atoms with Gasteiger partial charge in [-0.15, -0.1) is 12.4 Å². The number of methoxy groups -OCH3 is 1. The zero-order valence-corrected chi connectivity index (χ0v) is 12.0. The van der Waals surface area contributed by atoms with Crippen molar-refractivity contribution in [3.63, 3.8) is 0 Å². The minimum Gasteiger partial charge on any atom is -0.492 e. The minimum absolute atomic E-state index is 0. The maximum absolute atomic E-state index is 13.5. The van der Waals surface area contributed by atoms with Crippen LogP contribution in [0.25, 0.3) is 0 Å². The van der Waals surface area contributed by atoms with E-state index in [4.69, 9.17) is 4.74 Å². The number of hydrogen-bond donors (Lipinski definition) is 2. The molecule has 112 valence electrons. The van der Waals surface area contributed by atoms with Gasteiger partial charge >= 0.3 is 0 Å². The maximum atomic E-state index is 13.5. The summed E-state index contributed by atoms with van der Waals surface area (Å²) in [7, 11) is 1.27. The molecule has 4 nitrogen and oxygen atoms in total. The van der Waals surface area contributed by atoms with Gasteiger partial charge in [0.1, 0.15) is 5.82 Å². The summed E-state index contributed by atoms with van der Waals surface area (Å²) in [5, 5.41) is 5.60. The SMILES string of the molecule is COc1c(F)cc(F)cc1NC(=O)C(C)C1CNC1.Cl. The second kappa shape index (κ2) is 6.85. The first-order chi connectivity index (χ1) is 9.02. The van der Waals surface area contributed by atoms with Crippen LogP contribution < -0.4 is 15.4 Å². The molecule has 0 aliphatic carbocycles. The van der Waals surface area contributed by atoms with Crippen LogP contribution >= 0.6 is 12.4 Å². The van der Waals surface area contributed by atoms with Crippen molar-refractivity contribution < 1.29 is 18.3 Å². The Labute approximate surface area is 122 Å². The zero-order chi connectivity index (χ0) is 14.0. The summed E-state index contributed by atoms with van der Waals surface area (Å²) < 4.78 is 31.5. The van der Waals surface area contributed by atoms with Gasteiger partial charge in [0, 0.05) is 18.1 Å². The molecule has 0 radical (unpaired) electrons. The molecule has 1 unspecified atom stereocenters. The maximum Gasteiger partial charge on any atom is 0.227 e. The number of halogens is 3. The van der Waals surface area contributed by atoms with E-state index in [0.29, 0.717) is 6.07 Å². The van der Waals surface area contributed by atoms with Gasteiger partial charge in [-0.3, -0.25) is 4.79 Å². The smallest absolute Gasteiger partial charge is 0.227 e. The highest BCUT2D eigenvalue weighted by Gasteiger charge is 2.29. The van der Waals surface area contributed by atoms with Gasteiger partial charge in [-0.1, -0.05) is 6.92 Å². The first kappa shape index (κ1) is 16.7. The highest BCUT2D eigenvalue weighted by molar-refractivity contribution is 5.94. The largest absolute Gasteiger partial charge is 0.492 e. The normalized spacial score (nSPS) is 15.8. The van der Waals surface area contributed by atoms with Gasteiger partial charge in [0.15, 0.2) is 11.6 Å². The summed E-state index contributed by atoms with van der Waals surface area (Å²) in [4.78, 5) is 12.0. The number of amides is 1. The van der Waals surface area contributed by atoms with E-state index in [1.165, 1.54) is 7.11 Å². The summed E-state index contributed by atoms with van der Waals surface area (Å²) in [5.74, 6) is -1.99. The molecule has 0 bridgehead atoms. The van der Waals surface area contributed by atoms with Crippen molar-refractivity contribution in [2.75, 3.05) is 25.5 Å². The first-order valence-corrected chi connectivity index (χ1v) is 6.07. The van der Waals surface area contributed by atoms with Crippen LogP contribution in [0.5, 0.6) is 5.75 Å². The van der Waals surface area contributed by atoms with Crippen molar-refractivity contribution in [3.8, 4) is 5.75 Å². The fourth-order valence-electron chi connectivity index (χ4n) is 1.99. The summed E-state index contributed by atoms with van der Waals surface area (Å²) in [6.45, 7) is 3.36. The number of benzene rings is 1. The van der Waals surface area contributed by atoms with E-state index in [1.807, 2.05) is 0 Å². The lowest BCUT2D eigenvalue weighted by atomic mass is 9.88. The molecular weight excluding hydrogens is 290 g/mol. The molecule has 1 heterocycles. The van der Waals surface area contributed by atoms with E-state index in [9.17, 15) is 13.6 Å². The minimum atomic E-state index is -0.837. The van der Waals surface area contributed by atoms with Crippen LogP contribution in [0.3, 0.4) is 0 Å². The highest BCUT2D eigenvalue weighted by Crippen LogP contribution is 2.30. The van der Waals surface area contributed by atoms with Gasteiger partial charge in [-0.05, 0) is 19.0 Å². The predicted octanol–water partition coefficient (Wildman–Crippen LogP) is 2.19. The summed E-state index contributed by atoms with van der Waals surface area (Å²) in [6, 6.07) is 1.76. The predicted molar refractivity (Wildman–Crippen MR) is 74.3 cm³/mol. The van der Waals surface area contributed by atoms with E-state index >= 15 is 0 Å². The Morgan fingerprint density at radius 1 is 1.45 bits per heavy atom. The standard InChI is InChI=1S/C13H16F2N2O2.ClH/c1-7(8-5-16-6-8)13(18)17-11-4-9(14)3-10(15)12(11)19-2;/h3-4,7-8,16H,5-6H2,1-2H3,(H,17,18);1H. The Kier molecular flexibility index (Phi) is 5.71. The second-order valence-corrected chi connectivity index (χ2v) is 4.66. The number of carbonyl (C=O) groups is 1. The van der Waals surface area contributed by atoms with E-state index in [2.05, 4.69) is 10.6 Å². The number of carbonyl (C=O) groups excluding carboxylic acids is 1. The first-order valence-electron chi connectivity index (χ1n) is 6.07. The van der Waals surface area contributed by atoms with Crippen molar-refractivity contribution in [1.29, 1.82) is 0 Å². The summed E-state index contributed by atoms with van der Waals surface area (Å²) >= 11 is 0. The Morgan fingerprint density at radius 2 is 2.10 bits per heavy atom. The molecule has 1 saturated heterocycles. The topological polar surface area (TPSA) is 50.4 Å². The molecule has 20 heavy (non-hydrogen) atoms. The van der Waals surface area contributed by atoms with E-state index in [0.717, 1.165) is 19.2 Å². The Morgan fingerprint density at radius 3 is 2.60 bits per heavy atom. The van der Waals surface area contributed by atoms with Gasteiger partial charge in [0.05, 0.1) is 12.8 Å². The van der Waals surface area contributed by atoms with Crippen molar-refractivity contribution >= 4 is 24.0 Å². The molecule has 7 heteroatoms. The lowest BCUT2D eigenvalue weighted by Gasteiger charge is -2.31. The Balaban J connectivity index is 0.00000200. The average Bonchev–Trinajstić information content (AvgIpc) is 2.25. The summed E-state index contributed by atoms with van der Waals surface area (Å²) in [6.07, 6.45) is 0. The molecule has 0 spiro atoms. The third kappa shape index (κ3) is 3.37. The van der Waals surface area contributed by atoms with Crippen LogP contribution in [-0.4, -0.2) is 26.1 Å². The number of hydrogen-bond acceptors (Lipinski definition) is 3. The Bertz CT molecular complexity index is 496. The molecular formula is C13H17ClF2N2O2. The van der Waals surface area contributed by atoms with Crippen molar-refractivity contribution in [3.05, 3.63) is 23.8 Å². The van der Waals surface area contributed by atoms with Crippen molar-refractivity contribution in [2.24, 2.45) is 11.8 Å². The molecule has 1 fully saturated rings. The lowest BCUT2D eigenvalue weighted by Crippen LogP contribution is -2.48. The van der Waals surface area contributed by atoms with Crippen LogP contribution in [0.4, 0.5) is 14.5 Å². The van der Waals surface area contributed by atoms with Crippen LogP contribution in [0, 0.1) is 23.5 Å². The molecule has 1 amide bonds. The van der Waals surface area contributed by atoms with Gasteiger partial charge in [0.25, 0.3) is 0 Å². The lowest BCUT2D eigenvalue weighted by molar-refractivity contribution is -0.121. The van der Waals surface area contributed by atoms with E-state index < -0.39 is 11.6 Å². The molecule has 1 aliphatic rings. The summed E-state index contributed by atoms with van der Waals surface area (Å²) in [5.41, 5.74) is 0.0177. The van der Waals surface area contributed by atoms with Crippen molar-refractivity contribution in [2.45, 2.75) is 6.92 Å². The Hall–Kier alpha value is -1.40. The van der Waals surface area contributed by atoms with E-state index in [-0.39, 0.29) is 41.6 Å². The van der Waals surface area contributed by atoms with Crippen LogP contribution in [-0.2, 0) is 4.79 Å². The quantitative estimate of drug-likeness (QED) is 0.896. The molecule has 2 N–H and O–H groups in total. The fraction of sp³-hybridized carbons (Fsp3) is 0.462. The zero-order valence-electron chi connectivity index (χ0n) is 11.2. The second-order valence-electron chi connectivity index (χ2n) is 4.66. The average molecular weight is 307 g/mol. The molecule has 1 aromatic carbocycles. The third-order valence-electron chi connectivity index (χ3n) is 3.40. The van der Waals surface area contributed by atoms with Crippen LogP contribution in [0.1, 0.15) is 6.92 Å². The number of ether oxygens (including phenoxy) is 1. The van der Waals surface area contributed by atoms with Gasteiger partial charge < -0.3 is 15.4 Å². The van der Waals surface area contributed by atoms with Gasteiger partial charge in [-0.25, -0.2) is 8.78 Å². The fourth-order valence-corrected chi connectivity index (χ4v) is 1.99. The number of nitrogens with one attached hydrogen (secondary N) is 2. The van der Waals surface area contributed by atoms with E-state index in [1.54, 1.807) is 6.92 Å². The molecule has 0 aromatic heterocycles. The molecule has 1 atom stereocenters.